The molecule has 6 heteroatoms. The Morgan fingerprint density at radius 1 is 0.931 bits per heavy atom. The van der Waals surface area contributed by atoms with Crippen LogP contribution >= 0.6 is 11.8 Å². The number of carbonyl (C=O) groups excluding carboxylic acids is 2. The zero-order chi connectivity index (χ0) is 20.2. The summed E-state index contributed by atoms with van der Waals surface area (Å²) in [6, 6.07) is 24.5. The Kier molecular flexibility index (Phi) is 5.53. The van der Waals surface area contributed by atoms with Crippen molar-refractivity contribution in [3.8, 4) is 0 Å². The zero-order valence-corrected chi connectivity index (χ0v) is 16.8. The van der Waals surface area contributed by atoms with Gasteiger partial charge in [-0.25, -0.2) is 4.79 Å². The van der Waals surface area contributed by atoms with Gasteiger partial charge in [0.2, 0.25) is 5.91 Å². The summed E-state index contributed by atoms with van der Waals surface area (Å²) in [5.41, 5.74) is 3.23. The summed E-state index contributed by atoms with van der Waals surface area (Å²) in [4.78, 5) is 28.0. The molecule has 0 aliphatic carbocycles. The first kappa shape index (κ1) is 19.1. The zero-order valence-electron chi connectivity index (χ0n) is 16.0. The molecule has 0 spiro atoms. The van der Waals surface area contributed by atoms with E-state index in [0.29, 0.717) is 17.9 Å². The Bertz CT molecular complexity index is 1020. The minimum atomic E-state index is -0.325. The van der Waals surface area contributed by atoms with Gasteiger partial charge in [0.25, 0.3) is 0 Å². The number of anilines is 3. The minimum Gasteiger partial charge on any atom is -0.308 e. The van der Waals surface area contributed by atoms with E-state index in [1.165, 1.54) is 0 Å². The maximum absolute atomic E-state index is 12.9. The van der Waals surface area contributed by atoms with Crippen molar-refractivity contribution in [2.45, 2.75) is 23.6 Å². The van der Waals surface area contributed by atoms with Crippen LogP contribution in [0.1, 0.15) is 12.5 Å². The molecule has 3 aromatic carbocycles. The second-order valence-corrected chi connectivity index (χ2v) is 8.18. The molecule has 0 fully saturated rings. The number of hydrogen-bond acceptors (Lipinski definition) is 3. The molecule has 1 unspecified atom stereocenters. The Hall–Kier alpha value is -3.25. The fraction of sp³-hybridized carbons (Fsp3) is 0.130. The van der Waals surface area contributed by atoms with E-state index < -0.39 is 0 Å². The van der Waals surface area contributed by atoms with Crippen LogP contribution in [0.5, 0.6) is 0 Å². The lowest BCUT2D eigenvalue weighted by Crippen LogP contribution is -2.39. The highest BCUT2D eigenvalue weighted by atomic mass is 32.2. The van der Waals surface area contributed by atoms with Gasteiger partial charge in [-0.15, -0.1) is 11.8 Å². The van der Waals surface area contributed by atoms with E-state index in [-0.39, 0.29) is 17.2 Å². The van der Waals surface area contributed by atoms with Crippen molar-refractivity contribution in [2.75, 3.05) is 15.5 Å². The molecule has 0 saturated carbocycles. The number of fused-ring (bicyclic) bond motifs is 1. The lowest BCUT2D eigenvalue weighted by atomic mass is 10.1. The number of para-hydroxylation sites is 1. The summed E-state index contributed by atoms with van der Waals surface area (Å²) in [7, 11) is 0. The minimum absolute atomic E-state index is 0.0669. The molecule has 0 radical (unpaired) electrons. The number of amides is 3. The first-order valence-corrected chi connectivity index (χ1v) is 10.3. The molecule has 1 aliphatic heterocycles. The molecular weight excluding hydrogens is 382 g/mol. The predicted octanol–water partition coefficient (Wildman–Crippen LogP) is 5.36. The van der Waals surface area contributed by atoms with Crippen molar-refractivity contribution in [3.63, 3.8) is 0 Å². The summed E-state index contributed by atoms with van der Waals surface area (Å²) < 4.78 is 0. The Morgan fingerprint density at radius 2 is 1.59 bits per heavy atom. The number of carbonyl (C=O) groups is 2. The SMILES string of the molecule is CC1Sc2ccc(NC(=O)Nc3ccccc3)cc2N(Cc2ccccc2)C1=O. The molecule has 2 N–H and O–H groups in total. The summed E-state index contributed by atoms with van der Waals surface area (Å²) in [5, 5.41) is 5.51. The van der Waals surface area contributed by atoms with E-state index in [1.807, 2.05) is 85.8 Å². The first-order chi connectivity index (χ1) is 14.1. The fourth-order valence-electron chi connectivity index (χ4n) is 3.23. The van der Waals surface area contributed by atoms with Gasteiger partial charge in [0.1, 0.15) is 0 Å². The second kappa shape index (κ2) is 8.41. The lowest BCUT2D eigenvalue weighted by Gasteiger charge is -2.33. The van der Waals surface area contributed by atoms with Gasteiger partial charge in [0, 0.05) is 16.3 Å². The second-order valence-electron chi connectivity index (χ2n) is 6.80. The average Bonchev–Trinajstić information content (AvgIpc) is 2.73. The number of urea groups is 1. The molecule has 3 amide bonds. The van der Waals surface area contributed by atoms with E-state index in [1.54, 1.807) is 16.7 Å². The van der Waals surface area contributed by atoms with Crippen LogP contribution in [0.3, 0.4) is 0 Å². The van der Waals surface area contributed by atoms with Crippen LogP contribution in [-0.4, -0.2) is 17.2 Å². The molecule has 0 aromatic heterocycles. The Morgan fingerprint density at radius 3 is 2.31 bits per heavy atom. The fourth-order valence-corrected chi connectivity index (χ4v) is 4.27. The average molecular weight is 404 g/mol. The van der Waals surface area contributed by atoms with E-state index in [9.17, 15) is 9.59 Å². The Balaban J connectivity index is 1.57. The molecule has 4 rings (SSSR count). The van der Waals surface area contributed by atoms with Crippen LogP contribution in [0.4, 0.5) is 21.9 Å². The normalized spacial score (nSPS) is 15.6. The first-order valence-electron chi connectivity index (χ1n) is 9.39. The van der Waals surface area contributed by atoms with E-state index >= 15 is 0 Å². The lowest BCUT2D eigenvalue weighted by molar-refractivity contribution is -0.118. The summed E-state index contributed by atoms with van der Waals surface area (Å²) in [6.07, 6.45) is 0. The highest BCUT2D eigenvalue weighted by Gasteiger charge is 2.31. The molecule has 5 nitrogen and oxygen atoms in total. The molecule has 1 atom stereocenters. The molecule has 146 valence electrons. The van der Waals surface area contributed by atoms with Gasteiger partial charge in [-0.3, -0.25) is 4.79 Å². The third kappa shape index (κ3) is 4.43. The molecule has 29 heavy (non-hydrogen) atoms. The highest BCUT2D eigenvalue weighted by molar-refractivity contribution is 8.01. The summed E-state index contributed by atoms with van der Waals surface area (Å²) >= 11 is 1.54. The number of thioether (sulfide) groups is 1. The van der Waals surface area contributed by atoms with Crippen LogP contribution in [0.15, 0.2) is 83.8 Å². The predicted molar refractivity (Wildman–Crippen MR) is 118 cm³/mol. The van der Waals surface area contributed by atoms with Gasteiger partial charge < -0.3 is 15.5 Å². The van der Waals surface area contributed by atoms with Crippen LogP contribution in [0.25, 0.3) is 0 Å². The molecule has 0 saturated heterocycles. The molecule has 1 heterocycles. The maximum Gasteiger partial charge on any atom is 0.323 e. The number of rotatable bonds is 4. The van der Waals surface area contributed by atoms with Gasteiger partial charge >= 0.3 is 6.03 Å². The van der Waals surface area contributed by atoms with Crippen LogP contribution in [-0.2, 0) is 11.3 Å². The summed E-state index contributed by atoms with van der Waals surface area (Å²) in [6.45, 7) is 2.42. The van der Waals surface area contributed by atoms with Crippen molar-refractivity contribution in [2.24, 2.45) is 0 Å². The number of benzene rings is 3. The molecule has 3 aromatic rings. The molecular formula is C23H21N3O2S. The van der Waals surface area contributed by atoms with Crippen molar-refractivity contribution < 1.29 is 9.59 Å². The highest BCUT2D eigenvalue weighted by Crippen LogP contribution is 2.41. The van der Waals surface area contributed by atoms with E-state index in [0.717, 1.165) is 16.1 Å². The number of nitrogens with one attached hydrogen (secondary N) is 2. The van der Waals surface area contributed by atoms with Crippen molar-refractivity contribution >= 4 is 40.8 Å². The van der Waals surface area contributed by atoms with E-state index in [4.69, 9.17) is 0 Å². The third-order valence-electron chi connectivity index (χ3n) is 4.64. The van der Waals surface area contributed by atoms with Gasteiger partial charge in [-0.05, 0) is 42.8 Å². The van der Waals surface area contributed by atoms with E-state index in [2.05, 4.69) is 10.6 Å². The largest absolute Gasteiger partial charge is 0.323 e. The number of hydrogen-bond donors (Lipinski definition) is 2. The van der Waals surface area contributed by atoms with Gasteiger partial charge in [0.05, 0.1) is 17.5 Å². The van der Waals surface area contributed by atoms with Crippen LogP contribution < -0.4 is 15.5 Å². The van der Waals surface area contributed by atoms with Crippen LogP contribution in [0.2, 0.25) is 0 Å². The topological polar surface area (TPSA) is 61.4 Å². The maximum atomic E-state index is 12.9. The van der Waals surface area contributed by atoms with Crippen molar-refractivity contribution in [1.82, 2.24) is 0 Å². The smallest absolute Gasteiger partial charge is 0.308 e. The van der Waals surface area contributed by atoms with Crippen molar-refractivity contribution in [1.29, 1.82) is 0 Å². The van der Waals surface area contributed by atoms with Gasteiger partial charge in [-0.2, -0.15) is 0 Å². The van der Waals surface area contributed by atoms with Gasteiger partial charge in [0.15, 0.2) is 0 Å². The monoisotopic (exact) mass is 403 g/mol. The quantitative estimate of drug-likeness (QED) is 0.617. The van der Waals surface area contributed by atoms with Crippen molar-refractivity contribution in [3.05, 3.63) is 84.4 Å². The summed E-state index contributed by atoms with van der Waals surface area (Å²) in [5.74, 6) is 0.0669. The van der Waals surface area contributed by atoms with Crippen LogP contribution in [0, 0.1) is 0 Å². The number of nitrogens with zero attached hydrogens (tertiary/aromatic N) is 1. The Labute approximate surface area is 174 Å². The molecule has 0 bridgehead atoms. The standard InChI is InChI=1S/C23H21N3O2S/c1-16-22(27)26(15-17-8-4-2-5-9-17)20-14-19(12-13-21(20)29-16)25-23(28)24-18-10-6-3-7-11-18/h2-14,16H,15H2,1H3,(H2,24,25,28). The molecule has 1 aliphatic rings. The third-order valence-corrected chi connectivity index (χ3v) is 5.79. The van der Waals surface area contributed by atoms with Gasteiger partial charge in [-0.1, -0.05) is 48.5 Å².